The molecule has 0 aliphatic heterocycles. The van der Waals surface area contributed by atoms with Crippen molar-refractivity contribution in [1.82, 2.24) is 15.2 Å². The van der Waals surface area contributed by atoms with Gasteiger partial charge in [0.2, 0.25) is 5.13 Å². The number of benzene rings is 1. The van der Waals surface area contributed by atoms with Crippen molar-refractivity contribution in [2.24, 2.45) is 0 Å². The molecule has 1 N–H and O–H groups in total. The van der Waals surface area contributed by atoms with Gasteiger partial charge in [-0.25, -0.2) is 9.37 Å². The van der Waals surface area contributed by atoms with Gasteiger partial charge in [0.1, 0.15) is 15.8 Å². The second kappa shape index (κ2) is 6.50. The fourth-order valence-corrected chi connectivity index (χ4v) is 3.64. The van der Waals surface area contributed by atoms with Crippen LogP contribution in [0.15, 0.2) is 29.6 Å². The third kappa shape index (κ3) is 3.66. The van der Waals surface area contributed by atoms with Crippen molar-refractivity contribution in [1.29, 1.82) is 0 Å². The second-order valence-electron chi connectivity index (χ2n) is 5.00. The van der Waals surface area contributed by atoms with Crippen molar-refractivity contribution in [3.63, 3.8) is 0 Å². The summed E-state index contributed by atoms with van der Waals surface area (Å²) in [5.74, 6) is -0.226. The average Bonchev–Trinajstić information content (AvgIpc) is 3.11. The Morgan fingerprint density at radius 2 is 2.00 bits per heavy atom. The molecule has 0 amide bonds. The highest BCUT2D eigenvalue weighted by atomic mass is 32.1. The highest BCUT2D eigenvalue weighted by Crippen LogP contribution is 2.25. The molecule has 1 atom stereocenters. The van der Waals surface area contributed by atoms with E-state index in [2.05, 4.69) is 27.4 Å². The zero-order valence-corrected chi connectivity index (χ0v) is 13.8. The number of thiazole rings is 1. The molecule has 0 saturated carbocycles. The van der Waals surface area contributed by atoms with E-state index in [1.807, 2.05) is 12.3 Å². The predicted octanol–water partition coefficient (Wildman–Crippen LogP) is 4.21. The summed E-state index contributed by atoms with van der Waals surface area (Å²) in [4.78, 5) is 4.47. The van der Waals surface area contributed by atoms with Gasteiger partial charge in [0.15, 0.2) is 0 Å². The van der Waals surface area contributed by atoms with Crippen molar-refractivity contribution in [2.75, 3.05) is 5.32 Å². The van der Waals surface area contributed by atoms with Gasteiger partial charge in [-0.05, 0) is 31.5 Å². The third-order valence-corrected chi connectivity index (χ3v) is 5.08. The van der Waals surface area contributed by atoms with E-state index in [0.717, 1.165) is 26.4 Å². The summed E-state index contributed by atoms with van der Waals surface area (Å²) in [6.45, 7) is 4.04. The van der Waals surface area contributed by atoms with E-state index in [-0.39, 0.29) is 11.9 Å². The van der Waals surface area contributed by atoms with Gasteiger partial charge in [-0.1, -0.05) is 23.5 Å². The molecule has 4 nitrogen and oxygen atoms in total. The molecule has 3 rings (SSSR count). The van der Waals surface area contributed by atoms with E-state index < -0.39 is 0 Å². The van der Waals surface area contributed by atoms with Crippen LogP contribution < -0.4 is 5.32 Å². The molecule has 1 aromatic carbocycles. The number of halogens is 1. The van der Waals surface area contributed by atoms with E-state index in [4.69, 9.17) is 0 Å². The number of hydrogen-bond donors (Lipinski definition) is 1. The van der Waals surface area contributed by atoms with Crippen LogP contribution in [-0.4, -0.2) is 15.2 Å². The number of nitrogens with one attached hydrogen (secondary N) is 1. The lowest BCUT2D eigenvalue weighted by Crippen LogP contribution is -2.05. The Hall–Kier alpha value is -1.86. The fourth-order valence-electron chi connectivity index (χ4n) is 1.98. The molecule has 0 radical (unpaired) electrons. The highest BCUT2D eigenvalue weighted by molar-refractivity contribution is 7.15. The lowest BCUT2D eigenvalue weighted by molar-refractivity contribution is 0.627. The minimum atomic E-state index is -0.226. The van der Waals surface area contributed by atoms with E-state index in [1.54, 1.807) is 23.5 Å². The van der Waals surface area contributed by atoms with Crippen LogP contribution in [0.5, 0.6) is 0 Å². The topological polar surface area (TPSA) is 50.7 Å². The Kier molecular flexibility index (Phi) is 4.44. The van der Waals surface area contributed by atoms with Crippen molar-refractivity contribution in [2.45, 2.75) is 26.3 Å². The molecule has 0 aliphatic carbocycles. The summed E-state index contributed by atoms with van der Waals surface area (Å²) in [7, 11) is 0. The second-order valence-corrected chi connectivity index (χ2v) is 6.95. The molecule has 0 fully saturated rings. The van der Waals surface area contributed by atoms with Crippen LogP contribution in [0.4, 0.5) is 9.52 Å². The van der Waals surface area contributed by atoms with Crippen LogP contribution in [0.2, 0.25) is 0 Å². The normalized spacial score (nSPS) is 12.3. The largest absolute Gasteiger partial charge is 0.351 e. The molecule has 7 heteroatoms. The van der Waals surface area contributed by atoms with Gasteiger partial charge in [-0.2, -0.15) is 0 Å². The molecule has 0 spiro atoms. The summed E-state index contributed by atoms with van der Waals surface area (Å²) >= 11 is 3.15. The standard InChI is InChI=1S/C15H15FN4S2/c1-9-8-21-14(17-9)10(2)18-15-20-19-13(22-15)7-11-3-5-12(16)6-4-11/h3-6,8,10H,7H2,1-2H3,(H,18,20). The molecular formula is C15H15FN4S2. The zero-order valence-electron chi connectivity index (χ0n) is 12.2. The first-order chi connectivity index (χ1) is 10.6. The minimum absolute atomic E-state index is 0.102. The van der Waals surface area contributed by atoms with Gasteiger partial charge >= 0.3 is 0 Å². The van der Waals surface area contributed by atoms with Gasteiger partial charge in [-0.3, -0.25) is 0 Å². The van der Waals surface area contributed by atoms with Gasteiger partial charge in [0.05, 0.1) is 6.04 Å². The molecule has 0 aliphatic rings. The quantitative estimate of drug-likeness (QED) is 0.759. The summed E-state index contributed by atoms with van der Waals surface area (Å²) in [5.41, 5.74) is 2.05. The fraction of sp³-hybridized carbons (Fsp3) is 0.267. The van der Waals surface area contributed by atoms with Crippen LogP contribution in [-0.2, 0) is 6.42 Å². The smallest absolute Gasteiger partial charge is 0.206 e. The Bertz CT molecular complexity index is 751. The van der Waals surface area contributed by atoms with Gasteiger partial charge in [0, 0.05) is 17.5 Å². The van der Waals surface area contributed by atoms with Crippen molar-refractivity contribution >= 4 is 27.8 Å². The molecular weight excluding hydrogens is 319 g/mol. The maximum Gasteiger partial charge on any atom is 0.206 e. The van der Waals surface area contributed by atoms with Crippen molar-refractivity contribution in [3.8, 4) is 0 Å². The number of aryl methyl sites for hydroxylation is 1. The van der Waals surface area contributed by atoms with Crippen LogP contribution in [0, 0.1) is 12.7 Å². The number of aromatic nitrogens is 3. The number of rotatable bonds is 5. The van der Waals surface area contributed by atoms with Crippen LogP contribution in [0.25, 0.3) is 0 Å². The first kappa shape index (κ1) is 15.1. The van der Waals surface area contributed by atoms with Crippen LogP contribution in [0.1, 0.15) is 34.2 Å². The van der Waals surface area contributed by atoms with E-state index in [1.165, 1.54) is 23.5 Å². The summed E-state index contributed by atoms with van der Waals surface area (Å²) in [6.07, 6.45) is 0.657. The summed E-state index contributed by atoms with van der Waals surface area (Å²) in [6, 6.07) is 6.56. The third-order valence-electron chi connectivity index (χ3n) is 3.08. The number of hydrogen-bond acceptors (Lipinski definition) is 6. The van der Waals surface area contributed by atoms with Gasteiger partial charge in [0.25, 0.3) is 0 Å². The monoisotopic (exact) mass is 334 g/mol. The number of nitrogens with zero attached hydrogens (tertiary/aromatic N) is 3. The van der Waals surface area contributed by atoms with E-state index in [9.17, 15) is 4.39 Å². The molecule has 0 saturated heterocycles. The maximum atomic E-state index is 12.9. The van der Waals surface area contributed by atoms with Crippen LogP contribution >= 0.6 is 22.7 Å². The Labute approximate surface area is 136 Å². The Morgan fingerprint density at radius 1 is 1.23 bits per heavy atom. The van der Waals surface area contributed by atoms with Crippen molar-refractivity contribution in [3.05, 3.63) is 56.7 Å². The molecule has 0 bridgehead atoms. The molecule has 2 aromatic heterocycles. The minimum Gasteiger partial charge on any atom is -0.351 e. The lowest BCUT2D eigenvalue weighted by Gasteiger charge is -2.08. The van der Waals surface area contributed by atoms with E-state index >= 15 is 0 Å². The van der Waals surface area contributed by atoms with Crippen LogP contribution in [0.3, 0.4) is 0 Å². The SMILES string of the molecule is Cc1csc(C(C)Nc2nnc(Cc3ccc(F)cc3)s2)n1. The van der Waals surface area contributed by atoms with Gasteiger partial charge in [-0.15, -0.1) is 21.5 Å². The molecule has 22 heavy (non-hydrogen) atoms. The first-order valence-corrected chi connectivity index (χ1v) is 8.55. The molecule has 3 aromatic rings. The molecule has 1 unspecified atom stereocenters. The summed E-state index contributed by atoms with van der Waals surface area (Å²) < 4.78 is 12.9. The van der Waals surface area contributed by atoms with Crippen molar-refractivity contribution < 1.29 is 4.39 Å². The zero-order chi connectivity index (χ0) is 15.5. The van der Waals surface area contributed by atoms with E-state index in [0.29, 0.717) is 6.42 Å². The Balaban J connectivity index is 1.64. The summed E-state index contributed by atoms with van der Waals surface area (Å²) in [5, 5.41) is 16.4. The Morgan fingerprint density at radius 3 is 2.68 bits per heavy atom. The maximum absolute atomic E-state index is 12.9. The molecule has 114 valence electrons. The number of anilines is 1. The first-order valence-electron chi connectivity index (χ1n) is 6.85. The average molecular weight is 334 g/mol. The van der Waals surface area contributed by atoms with Gasteiger partial charge < -0.3 is 5.32 Å². The highest BCUT2D eigenvalue weighted by Gasteiger charge is 2.12. The lowest BCUT2D eigenvalue weighted by atomic mass is 10.2. The predicted molar refractivity (Wildman–Crippen MR) is 88.0 cm³/mol. The molecule has 2 heterocycles.